The number of pyridine rings is 1. The molecule has 5 heteroatoms. The molecule has 1 N–H and O–H groups in total. The van der Waals surface area contributed by atoms with Crippen LogP contribution in [0.2, 0.25) is 5.02 Å². The van der Waals surface area contributed by atoms with Gasteiger partial charge in [-0.25, -0.2) is 4.98 Å². The fraction of sp³-hybridized carbons (Fsp3) is 0.360. The molecule has 1 aromatic carbocycles. The Labute approximate surface area is 183 Å². The fourth-order valence-electron chi connectivity index (χ4n) is 5.04. The number of halogens is 1. The number of aryl methyl sites for hydroxylation is 1. The monoisotopic (exact) mass is 418 g/mol. The van der Waals surface area contributed by atoms with Gasteiger partial charge in [0.05, 0.1) is 12.0 Å². The summed E-state index contributed by atoms with van der Waals surface area (Å²) in [6, 6.07) is 10.7. The molecule has 0 saturated carbocycles. The minimum absolute atomic E-state index is 0.318. The molecule has 4 nitrogen and oxygen atoms in total. The molecule has 0 spiro atoms. The number of fused-ring (bicyclic) bond motifs is 2. The lowest BCUT2D eigenvalue weighted by Crippen LogP contribution is -2.32. The van der Waals surface area contributed by atoms with Crippen molar-refractivity contribution in [3.8, 4) is 0 Å². The molecule has 1 fully saturated rings. The molecule has 1 aliphatic heterocycles. The number of piperidine rings is 1. The van der Waals surface area contributed by atoms with Crippen molar-refractivity contribution in [3.63, 3.8) is 0 Å². The van der Waals surface area contributed by atoms with Gasteiger partial charge in [-0.1, -0.05) is 23.7 Å². The van der Waals surface area contributed by atoms with E-state index in [2.05, 4.69) is 45.2 Å². The molecule has 1 unspecified atom stereocenters. The van der Waals surface area contributed by atoms with Crippen LogP contribution in [-0.2, 0) is 6.54 Å². The van der Waals surface area contributed by atoms with Gasteiger partial charge in [0, 0.05) is 36.1 Å². The topological polar surface area (TPSA) is 42.7 Å². The highest BCUT2D eigenvalue weighted by Crippen LogP contribution is 2.45. The normalized spacial score (nSPS) is 19.0. The first-order chi connectivity index (χ1) is 14.8. The van der Waals surface area contributed by atoms with E-state index in [4.69, 9.17) is 16.6 Å². The summed E-state index contributed by atoms with van der Waals surface area (Å²) >= 11 is 6.49. The zero-order valence-electron chi connectivity index (χ0n) is 17.1. The first-order valence-corrected chi connectivity index (χ1v) is 11.3. The van der Waals surface area contributed by atoms with Gasteiger partial charge in [-0.3, -0.25) is 4.98 Å². The van der Waals surface area contributed by atoms with Gasteiger partial charge in [0.15, 0.2) is 0 Å². The number of hydrogen-bond acceptors (Lipinski definition) is 3. The van der Waals surface area contributed by atoms with Crippen molar-refractivity contribution in [3.05, 3.63) is 82.7 Å². The van der Waals surface area contributed by atoms with Crippen LogP contribution in [-0.4, -0.2) is 27.6 Å². The van der Waals surface area contributed by atoms with Crippen LogP contribution in [0.15, 0.2) is 55.2 Å². The molecule has 2 aromatic heterocycles. The van der Waals surface area contributed by atoms with E-state index < -0.39 is 0 Å². The summed E-state index contributed by atoms with van der Waals surface area (Å²) in [6.07, 6.45) is 14.5. The first kappa shape index (κ1) is 19.5. The van der Waals surface area contributed by atoms with Crippen LogP contribution < -0.4 is 5.32 Å². The maximum Gasteiger partial charge on any atom is 0.0945 e. The van der Waals surface area contributed by atoms with E-state index >= 15 is 0 Å². The Hall–Kier alpha value is -2.43. The predicted molar refractivity (Wildman–Crippen MR) is 122 cm³/mol. The molecule has 1 aliphatic carbocycles. The van der Waals surface area contributed by atoms with Crippen LogP contribution in [0.3, 0.4) is 0 Å². The number of nitrogens with zero attached hydrogens (tertiary/aromatic N) is 3. The van der Waals surface area contributed by atoms with Crippen LogP contribution >= 0.6 is 11.6 Å². The maximum absolute atomic E-state index is 6.49. The fourth-order valence-corrected chi connectivity index (χ4v) is 5.21. The van der Waals surface area contributed by atoms with Crippen molar-refractivity contribution >= 4 is 23.3 Å². The highest BCUT2D eigenvalue weighted by atomic mass is 35.5. The third-order valence-corrected chi connectivity index (χ3v) is 6.70. The van der Waals surface area contributed by atoms with Gasteiger partial charge in [0.2, 0.25) is 0 Å². The van der Waals surface area contributed by atoms with E-state index in [1.807, 2.05) is 31.0 Å². The smallest absolute Gasteiger partial charge is 0.0945 e. The molecule has 1 saturated heterocycles. The zero-order valence-corrected chi connectivity index (χ0v) is 17.9. The van der Waals surface area contributed by atoms with Gasteiger partial charge in [-0.15, -0.1) is 0 Å². The van der Waals surface area contributed by atoms with Crippen molar-refractivity contribution in [2.24, 2.45) is 5.92 Å². The Bertz CT molecular complexity index is 1040. The second-order valence-electron chi connectivity index (χ2n) is 8.35. The molecule has 0 amide bonds. The van der Waals surface area contributed by atoms with Crippen LogP contribution in [0.1, 0.15) is 54.0 Å². The summed E-state index contributed by atoms with van der Waals surface area (Å²) in [6.45, 7) is 3.12. The lowest BCUT2D eigenvalue weighted by atomic mass is 9.76. The Kier molecular flexibility index (Phi) is 5.69. The number of nitrogens with one attached hydrogen (secondary N) is 1. The molecule has 30 heavy (non-hydrogen) atoms. The average Bonchev–Trinajstić information content (AvgIpc) is 3.25. The lowest BCUT2D eigenvalue weighted by molar-refractivity contribution is 0.339. The maximum atomic E-state index is 6.49. The van der Waals surface area contributed by atoms with Crippen LogP contribution in [0, 0.1) is 5.92 Å². The van der Waals surface area contributed by atoms with Gasteiger partial charge in [0.1, 0.15) is 0 Å². The van der Waals surface area contributed by atoms with Gasteiger partial charge in [0.25, 0.3) is 0 Å². The van der Waals surface area contributed by atoms with E-state index in [1.165, 1.54) is 40.8 Å². The van der Waals surface area contributed by atoms with Gasteiger partial charge in [-0.2, -0.15) is 0 Å². The van der Waals surface area contributed by atoms with E-state index in [1.54, 1.807) is 0 Å². The molecule has 154 valence electrons. The van der Waals surface area contributed by atoms with Crippen molar-refractivity contribution < 1.29 is 0 Å². The van der Waals surface area contributed by atoms with Gasteiger partial charge < -0.3 is 9.88 Å². The van der Waals surface area contributed by atoms with Gasteiger partial charge >= 0.3 is 0 Å². The molecule has 5 rings (SSSR count). The quantitative estimate of drug-likeness (QED) is 0.603. The number of rotatable bonds is 5. The molecule has 2 aliphatic rings. The SMILES string of the molecule is Clc1ccc2c(c1)C(CCCn1ccnc1)=Cc1cccnc1C2C1CCNCC1. The Morgan fingerprint density at radius 1 is 1.13 bits per heavy atom. The predicted octanol–water partition coefficient (Wildman–Crippen LogP) is 5.40. The highest BCUT2D eigenvalue weighted by Gasteiger charge is 2.32. The van der Waals surface area contributed by atoms with Crippen molar-refractivity contribution in [2.75, 3.05) is 13.1 Å². The number of imidazole rings is 1. The number of hydrogen-bond donors (Lipinski definition) is 1. The average molecular weight is 419 g/mol. The number of aromatic nitrogens is 3. The van der Waals surface area contributed by atoms with E-state index in [9.17, 15) is 0 Å². The van der Waals surface area contributed by atoms with Crippen molar-refractivity contribution in [1.29, 1.82) is 0 Å². The van der Waals surface area contributed by atoms with Crippen LogP contribution in [0.25, 0.3) is 11.6 Å². The summed E-state index contributed by atoms with van der Waals surface area (Å²) in [4.78, 5) is 9.06. The standard InChI is InChI=1S/C25H27ClN4/c26-21-5-6-22-23(16-21)19(4-2-13-30-14-12-28-17-30)15-20-3-1-9-29-25(20)24(22)18-7-10-27-11-8-18/h1,3,5-6,9,12,14-18,24,27H,2,4,7-8,10-11,13H2. The number of allylic oxidation sites excluding steroid dienone is 1. The summed E-state index contributed by atoms with van der Waals surface area (Å²) in [7, 11) is 0. The third kappa shape index (κ3) is 3.94. The third-order valence-electron chi connectivity index (χ3n) is 6.47. The summed E-state index contributed by atoms with van der Waals surface area (Å²) < 4.78 is 2.14. The van der Waals surface area contributed by atoms with E-state index in [-0.39, 0.29) is 0 Å². The summed E-state index contributed by atoms with van der Waals surface area (Å²) in [5, 5.41) is 4.32. The van der Waals surface area contributed by atoms with E-state index in [0.29, 0.717) is 11.8 Å². The molecular weight excluding hydrogens is 392 g/mol. The van der Waals surface area contributed by atoms with E-state index in [0.717, 1.165) is 37.5 Å². The largest absolute Gasteiger partial charge is 0.337 e. The zero-order chi connectivity index (χ0) is 20.3. The molecular formula is C25H27ClN4. The second-order valence-corrected chi connectivity index (χ2v) is 8.78. The summed E-state index contributed by atoms with van der Waals surface area (Å²) in [5.74, 6) is 0.913. The molecule has 1 atom stereocenters. The van der Waals surface area contributed by atoms with Crippen molar-refractivity contribution in [1.82, 2.24) is 19.9 Å². The highest BCUT2D eigenvalue weighted by molar-refractivity contribution is 6.30. The summed E-state index contributed by atoms with van der Waals surface area (Å²) in [5.41, 5.74) is 6.52. The number of benzene rings is 1. The molecule has 3 aromatic rings. The second kappa shape index (κ2) is 8.75. The minimum Gasteiger partial charge on any atom is -0.337 e. The molecule has 3 heterocycles. The Morgan fingerprint density at radius 2 is 2.03 bits per heavy atom. The Balaban J connectivity index is 1.55. The molecule has 0 radical (unpaired) electrons. The lowest BCUT2D eigenvalue weighted by Gasteiger charge is -2.32. The minimum atomic E-state index is 0.318. The van der Waals surface area contributed by atoms with Crippen LogP contribution in [0.4, 0.5) is 0 Å². The molecule has 0 bridgehead atoms. The van der Waals surface area contributed by atoms with Crippen molar-refractivity contribution in [2.45, 2.75) is 38.1 Å². The Morgan fingerprint density at radius 3 is 2.87 bits per heavy atom. The first-order valence-electron chi connectivity index (χ1n) is 10.9. The van der Waals surface area contributed by atoms with Crippen LogP contribution in [0.5, 0.6) is 0 Å². The van der Waals surface area contributed by atoms with Gasteiger partial charge in [-0.05, 0) is 91.2 Å².